The summed E-state index contributed by atoms with van der Waals surface area (Å²) in [6, 6.07) is 24.2. The maximum atomic E-state index is 12.6. The molecule has 5 heteroatoms. The minimum Gasteiger partial charge on any atom is -0.322 e. The van der Waals surface area contributed by atoms with E-state index in [-0.39, 0.29) is 11.8 Å². The Balaban J connectivity index is 1.50. The third kappa shape index (κ3) is 3.88. The van der Waals surface area contributed by atoms with Gasteiger partial charge in [0.25, 0.3) is 11.8 Å². The molecule has 0 atom stereocenters. The number of anilines is 2. The van der Waals surface area contributed by atoms with Crippen molar-refractivity contribution in [1.82, 2.24) is 0 Å². The first-order chi connectivity index (χ1) is 13.2. The van der Waals surface area contributed by atoms with E-state index in [9.17, 15) is 9.59 Å². The average Bonchev–Trinajstić information content (AvgIpc) is 3.23. The van der Waals surface area contributed by atoms with Crippen LogP contribution >= 0.6 is 11.3 Å². The largest absolute Gasteiger partial charge is 0.322 e. The fourth-order valence-electron chi connectivity index (χ4n) is 2.81. The molecular formula is C22H16N2O2S. The summed E-state index contributed by atoms with van der Waals surface area (Å²) in [4.78, 5) is 25.4. The number of thiophene rings is 1. The minimum atomic E-state index is -0.192. The Morgan fingerprint density at radius 3 is 2.15 bits per heavy atom. The zero-order chi connectivity index (χ0) is 18.6. The second-order valence-electron chi connectivity index (χ2n) is 6.03. The van der Waals surface area contributed by atoms with Gasteiger partial charge in [0.15, 0.2) is 0 Å². The van der Waals surface area contributed by atoms with Crippen molar-refractivity contribution in [2.24, 2.45) is 0 Å². The number of rotatable bonds is 4. The molecule has 0 aliphatic heterocycles. The van der Waals surface area contributed by atoms with Crippen molar-refractivity contribution in [3.63, 3.8) is 0 Å². The smallest absolute Gasteiger partial charge is 0.265 e. The van der Waals surface area contributed by atoms with Crippen molar-refractivity contribution >= 4 is 45.3 Å². The highest BCUT2D eigenvalue weighted by molar-refractivity contribution is 7.12. The summed E-state index contributed by atoms with van der Waals surface area (Å²) in [5.74, 6) is -0.356. The molecule has 132 valence electrons. The quantitative estimate of drug-likeness (QED) is 0.503. The number of carbonyl (C=O) groups is 2. The summed E-state index contributed by atoms with van der Waals surface area (Å²) in [5, 5.41) is 9.69. The molecule has 0 spiro atoms. The molecule has 0 aliphatic rings. The number of hydrogen-bond donors (Lipinski definition) is 2. The van der Waals surface area contributed by atoms with Crippen molar-refractivity contribution in [2.75, 3.05) is 10.6 Å². The fourth-order valence-corrected chi connectivity index (χ4v) is 3.43. The Morgan fingerprint density at radius 2 is 1.41 bits per heavy atom. The van der Waals surface area contributed by atoms with Gasteiger partial charge < -0.3 is 10.6 Å². The molecule has 0 bridgehead atoms. The van der Waals surface area contributed by atoms with Crippen LogP contribution < -0.4 is 10.6 Å². The van der Waals surface area contributed by atoms with Crippen molar-refractivity contribution in [3.05, 3.63) is 94.7 Å². The van der Waals surface area contributed by atoms with Crippen LogP contribution in [0.25, 0.3) is 10.8 Å². The average molecular weight is 372 g/mol. The molecule has 1 heterocycles. The topological polar surface area (TPSA) is 58.2 Å². The van der Waals surface area contributed by atoms with Gasteiger partial charge in [-0.3, -0.25) is 9.59 Å². The lowest BCUT2D eigenvalue weighted by molar-refractivity contribution is 0.102. The molecule has 3 aromatic carbocycles. The van der Waals surface area contributed by atoms with E-state index in [1.165, 1.54) is 11.3 Å². The molecule has 27 heavy (non-hydrogen) atoms. The van der Waals surface area contributed by atoms with E-state index in [2.05, 4.69) is 10.6 Å². The molecule has 2 N–H and O–H groups in total. The number of benzene rings is 3. The summed E-state index contributed by atoms with van der Waals surface area (Å²) < 4.78 is 0. The van der Waals surface area contributed by atoms with E-state index in [1.807, 2.05) is 47.8 Å². The highest BCUT2D eigenvalue weighted by atomic mass is 32.1. The van der Waals surface area contributed by atoms with Crippen LogP contribution in [-0.2, 0) is 0 Å². The van der Waals surface area contributed by atoms with Crippen LogP contribution in [0.4, 0.5) is 11.4 Å². The normalized spacial score (nSPS) is 10.5. The summed E-state index contributed by atoms with van der Waals surface area (Å²) >= 11 is 1.38. The molecule has 0 radical (unpaired) electrons. The fraction of sp³-hybridized carbons (Fsp3) is 0. The van der Waals surface area contributed by atoms with Crippen molar-refractivity contribution in [3.8, 4) is 0 Å². The number of carbonyl (C=O) groups excluding carboxylic acids is 2. The van der Waals surface area contributed by atoms with E-state index in [4.69, 9.17) is 0 Å². The van der Waals surface area contributed by atoms with E-state index >= 15 is 0 Å². The summed E-state index contributed by atoms with van der Waals surface area (Å²) in [7, 11) is 0. The van der Waals surface area contributed by atoms with E-state index < -0.39 is 0 Å². The van der Waals surface area contributed by atoms with Crippen LogP contribution in [0.1, 0.15) is 20.0 Å². The maximum Gasteiger partial charge on any atom is 0.265 e. The Bertz CT molecular complexity index is 1120. The molecule has 0 fully saturated rings. The molecule has 0 saturated carbocycles. The van der Waals surface area contributed by atoms with Crippen LogP contribution in [-0.4, -0.2) is 11.8 Å². The Kier molecular flexibility index (Phi) is 4.68. The highest BCUT2D eigenvalue weighted by Crippen LogP contribution is 2.20. The lowest BCUT2D eigenvalue weighted by Crippen LogP contribution is -2.13. The maximum absolute atomic E-state index is 12.6. The van der Waals surface area contributed by atoms with Gasteiger partial charge in [0, 0.05) is 16.9 Å². The molecule has 0 saturated heterocycles. The molecule has 2 amide bonds. The van der Waals surface area contributed by atoms with E-state index in [1.54, 1.807) is 36.4 Å². The van der Waals surface area contributed by atoms with E-state index in [0.717, 1.165) is 10.8 Å². The molecule has 0 unspecified atom stereocenters. The predicted molar refractivity (Wildman–Crippen MR) is 111 cm³/mol. The number of hydrogen-bond acceptors (Lipinski definition) is 3. The summed E-state index contributed by atoms with van der Waals surface area (Å²) in [6.45, 7) is 0. The lowest BCUT2D eigenvalue weighted by Gasteiger charge is -2.09. The van der Waals surface area contributed by atoms with Crippen LogP contribution in [0.3, 0.4) is 0 Å². The van der Waals surface area contributed by atoms with Gasteiger partial charge in [-0.1, -0.05) is 42.5 Å². The van der Waals surface area contributed by atoms with Crippen LogP contribution in [0.2, 0.25) is 0 Å². The van der Waals surface area contributed by atoms with Crippen LogP contribution in [0.5, 0.6) is 0 Å². The van der Waals surface area contributed by atoms with Crippen molar-refractivity contribution in [2.45, 2.75) is 0 Å². The van der Waals surface area contributed by atoms with Gasteiger partial charge in [0.2, 0.25) is 0 Å². The van der Waals surface area contributed by atoms with Gasteiger partial charge in [0.1, 0.15) is 0 Å². The molecule has 4 aromatic rings. The summed E-state index contributed by atoms with van der Waals surface area (Å²) in [5.41, 5.74) is 1.84. The molecule has 4 nitrogen and oxygen atoms in total. The Morgan fingerprint density at radius 1 is 0.667 bits per heavy atom. The van der Waals surface area contributed by atoms with Crippen molar-refractivity contribution in [1.29, 1.82) is 0 Å². The zero-order valence-electron chi connectivity index (χ0n) is 14.3. The molecular weight excluding hydrogens is 356 g/mol. The van der Waals surface area contributed by atoms with Crippen molar-refractivity contribution < 1.29 is 9.59 Å². The van der Waals surface area contributed by atoms with Gasteiger partial charge >= 0.3 is 0 Å². The van der Waals surface area contributed by atoms with Gasteiger partial charge in [0.05, 0.1) is 4.88 Å². The second kappa shape index (κ2) is 7.43. The number of amides is 2. The molecule has 0 aliphatic carbocycles. The number of fused-ring (bicyclic) bond motifs is 1. The second-order valence-corrected chi connectivity index (χ2v) is 6.98. The van der Waals surface area contributed by atoms with Gasteiger partial charge in [-0.2, -0.15) is 0 Å². The third-order valence-corrected chi connectivity index (χ3v) is 5.00. The monoisotopic (exact) mass is 372 g/mol. The Hall–Kier alpha value is -3.44. The highest BCUT2D eigenvalue weighted by Gasteiger charge is 2.09. The SMILES string of the molecule is O=C(Nc1cccc(NC(=O)c2cccs2)c1)c1ccc2ccccc2c1. The third-order valence-electron chi connectivity index (χ3n) is 4.13. The Labute approximate surface area is 160 Å². The minimum absolute atomic E-state index is 0.164. The first-order valence-corrected chi connectivity index (χ1v) is 9.32. The molecule has 4 rings (SSSR count). The first-order valence-electron chi connectivity index (χ1n) is 8.44. The zero-order valence-corrected chi connectivity index (χ0v) is 15.1. The summed E-state index contributed by atoms with van der Waals surface area (Å²) in [6.07, 6.45) is 0. The lowest BCUT2D eigenvalue weighted by atomic mass is 10.1. The number of nitrogens with one attached hydrogen (secondary N) is 2. The van der Waals surface area contributed by atoms with Crippen LogP contribution in [0, 0.1) is 0 Å². The van der Waals surface area contributed by atoms with Crippen LogP contribution in [0.15, 0.2) is 84.2 Å². The van der Waals surface area contributed by atoms with Gasteiger partial charge in [-0.25, -0.2) is 0 Å². The standard InChI is InChI=1S/C22H16N2O2S/c25-21(17-11-10-15-5-1-2-6-16(15)13-17)23-18-7-3-8-19(14-18)24-22(26)20-9-4-12-27-20/h1-14H,(H,23,25)(H,24,26). The first kappa shape index (κ1) is 17.0. The molecule has 1 aromatic heterocycles. The van der Waals surface area contributed by atoms with Gasteiger partial charge in [-0.05, 0) is 52.6 Å². The van der Waals surface area contributed by atoms with Gasteiger partial charge in [-0.15, -0.1) is 11.3 Å². The van der Waals surface area contributed by atoms with E-state index in [0.29, 0.717) is 21.8 Å². The predicted octanol–water partition coefficient (Wildman–Crippen LogP) is 5.41.